The zero-order valence-electron chi connectivity index (χ0n) is 10.4. The van der Waals surface area contributed by atoms with E-state index in [9.17, 15) is 18.5 Å². The molecule has 0 aliphatic heterocycles. The van der Waals surface area contributed by atoms with Crippen LogP contribution in [0.15, 0.2) is 36.4 Å². The summed E-state index contributed by atoms with van der Waals surface area (Å²) in [6.07, 6.45) is 1.01. The predicted octanol–water partition coefficient (Wildman–Crippen LogP) is 2.14. The summed E-state index contributed by atoms with van der Waals surface area (Å²) in [5.74, 6) is 0. The Morgan fingerprint density at radius 1 is 1.16 bits per heavy atom. The summed E-state index contributed by atoms with van der Waals surface area (Å²) in [5.41, 5.74) is -0.141. The van der Waals surface area contributed by atoms with Crippen LogP contribution in [0.3, 0.4) is 0 Å². The van der Waals surface area contributed by atoms with Crippen LogP contribution in [-0.2, 0) is 10.0 Å². The normalized spacial score (nSPS) is 11.5. The molecule has 0 aliphatic rings. The molecule has 100 valence electrons. The van der Waals surface area contributed by atoms with Crippen LogP contribution in [0.25, 0.3) is 10.8 Å². The van der Waals surface area contributed by atoms with Gasteiger partial charge in [0.25, 0.3) is 5.69 Å². The Labute approximate surface area is 110 Å². The van der Waals surface area contributed by atoms with Crippen molar-refractivity contribution < 1.29 is 13.3 Å². The van der Waals surface area contributed by atoms with Gasteiger partial charge < -0.3 is 0 Å². The van der Waals surface area contributed by atoms with E-state index in [4.69, 9.17) is 0 Å². The minimum atomic E-state index is -3.57. The highest BCUT2D eigenvalue weighted by Crippen LogP contribution is 2.36. The fraction of sp³-hybridized carbons (Fsp3) is 0.167. The first-order valence-corrected chi connectivity index (χ1v) is 7.27. The van der Waals surface area contributed by atoms with E-state index in [0.29, 0.717) is 5.39 Å². The van der Waals surface area contributed by atoms with Crippen LogP contribution in [0, 0.1) is 10.1 Å². The van der Waals surface area contributed by atoms with Crippen molar-refractivity contribution >= 4 is 32.2 Å². The van der Waals surface area contributed by atoms with Crippen molar-refractivity contribution in [1.82, 2.24) is 0 Å². The molecule has 2 aromatic carbocycles. The van der Waals surface area contributed by atoms with Crippen LogP contribution in [0.2, 0.25) is 0 Å². The molecule has 19 heavy (non-hydrogen) atoms. The fourth-order valence-corrected chi connectivity index (χ4v) is 2.41. The molecule has 0 heterocycles. The summed E-state index contributed by atoms with van der Waals surface area (Å²) in [5, 5.41) is 12.4. The number of hydrogen-bond acceptors (Lipinski definition) is 4. The average Bonchev–Trinajstić information content (AvgIpc) is 2.35. The monoisotopic (exact) mass is 280 g/mol. The quantitative estimate of drug-likeness (QED) is 0.637. The minimum absolute atomic E-state index is 0.0885. The molecule has 0 saturated carbocycles. The van der Waals surface area contributed by atoms with Gasteiger partial charge in [0.15, 0.2) is 0 Å². The summed E-state index contributed by atoms with van der Waals surface area (Å²) in [4.78, 5) is 10.5. The summed E-state index contributed by atoms with van der Waals surface area (Å²) in [6.45, 7) is 0. The maximum Gasteiger partial charge on any atom is 0.294 e. The van der Waals surface area contributed by atoms with Gasteiger partial charge in [0.1, 0.15) is 5.69 Å². The van der Waals surface area contributed by atoms with Crippen molar-refractivity contribution in [2.75, 3.05) is 17.6 Å². The van der Waals surface area contributed by atoms with Crippen molar-refractivity contribution in [3.8, 4) is 0 Å². The lowest BCUT2D eigenvalue weighted by Gasteiger charge is -2.18. The van der Waals surface area contributed by atoms with Gasteiger partial charge in [0, 0.05) is 18.5 Å². The van der Waals surface area contributed by atoms with Gasteiger partial charge in [-0.1, -0.05) is 24.3 Å². The summed E-state index contributed by atoms with van der Waals surface area (Å²) >= 11 is 0. The SMILES string of the molecule is CN(c1c([N+](=O)[O-])ccc2ccccc12)S(C)(=O)=O. The lowest BCUT2D eigenvalue weighted by molar-refractivity contribution is -0.383. The van der Waals surface area contributed by atoms with E-state index in [1.165, 1.54) is 13.1 Å². The molecule has 0 atom stereocenters. The van der Waals surface area contributed by atoms with E-state index in [-0.39, 0.29) is 11.4 Å². The van der Waals surface area contributed by atoms with Crippen molar-refractivity contribution in [2.24, 2.45) is 0 Å². The van der Waals surface area contributed by atoms with Gasteiger partial charge in [0.05, 0.1) is 11.2 Å². The van der Waals surface area contributed by atoms with Crippen molar-refractivity contribution in [2.45, 2.75) is 0 Å². The van der Waals surface area contributed by atoms with Gasteiger partial charge in [-0.05, 0) is 11.5 Å². The van der Waals surface area contributed by atoms with Crippen molar-refractivity contribution in [3.63, 3.8) is 0 Å². The maximum absolute atomic E-state index is 11.7. The Kier molecular flexibility index (Phi) is 3.15. The number of nitro groups is 1. The predicted molar refractivity (Wildman–Crippen MR) is 73.8 cm³/mol. The van der Waals surface area contributed by atoms with E-state index in [1.54, 1.807) is 30.3 Å². The van der Waals surface area contributed by atoms with E-state index in [1.807, 2.05) is 0 Å². The minimum Gasteiger partial charge on any atom is -0.266 e. The second-order valence-electron chi connectivity index (χ2n) is 4.14. The molecule has 0 amide bonds. The molecule has 0 spiro atoms. The lowest BCUT2D eigenvalue weighted by atomic mass is 10.1. The van der Waals surface area contributed by atoms with E-state index < -0.39 is 14.9 Å². The molecule has 0 unspecified atom stereocenters. The average molecular weight is 280 g/mol. The third-order valence-corrected chi connectivity index (χ3v) is 4.07. The lowest BCUT2D eigenvalue weighted by Crippen LogP contribution is -2.25. The second-order valence-corrected chi connectivity index (χ2v) is 6.16. The van der Waals surface area contributed by atoms with Gasteiger partial charge in [-0.3, -0.25) is 14.4 Å². The summed E-state index contributed by atoms with van der Waals surface area (Å²) in [7, 11) is -2.26. The number of hydrogen-bond donors (Lipinski definition) is 0. The van der Waals surface area contributed by atoms with Crippen LogP contribution in [0.1, 0.15) is 0 Å². The Morgan fingerprint density at radius 2 is 1.79 bits per heavy atom. The van der Waals surface area contributed by atoms with E-state index >= 15 is 0 Å². The third-order valence-electron chi connectivity index (χ3n) is 2.89. The molecule has 0 aromatic heterocycles. The summed E-state index contributed by atoms with van der Waals surface area (Å²) < 4.78 is 24.2. The first-order chi connectivity index (χ1) is 8.82. The zero-order chi connectivity index (χ0) is 14.2. The van der Waals surface area contributed by atoms with E-state index in [0.717, 1.165) is 15.9 Å². The highest BCUT2D eigenvalue weighted by molar-refractivity contribution is 7.92. The van der Waals surface area contributed by atoms with Crippen LogP contribution >= 0.6 is 0 Å². The summed E-state index contributed by atoms with van der Waals surface area (Å²) in [6, 6.07) is 9.87. The zero-order valence-corrected chi connectivity index (χ0v) is 11.2. The smallest absolute Gasteiger partial charge is 0.266 e. The molecule has 0 saturated heterocycles. The molecule has 2 aromatic rings. The van der Waals surface area contributed by atoms with Crippen LogP contribution < -0.4 is 4.31 Å². The Balaban J connectivity index is 2.88. The first-order valence-electron chi connectivity index (χ1n) is 5.42. The molecule has 0 aliphatic carbocycles. The molecule has 7 heteroatoms. The van der Waals surface area contributed by atoms with E-state index in [2.05, 4.69) is 0 Å². The molecule has 0 radical (unpaired) electrons. The number of rotatable bonds is 3. The van der Waals surface area contributed by atoms with Gasteiger partial charge in [-0.15, -0.1) is 0 Å². The van der Waals surface area contributed by atoms with Crippen molar-refractivity contribution in [3.05, 3.63) is 46.5 Å². The molecule has 2 rings (SSSR count). The van der Waals surface area contributed by atoms with Crippen LogP contribution in [0.5, 0.6) is 0 Å². The van der Waals surface area contributed by atoms with Crippen LogP contribution in [0.4, 0.5) is 11.4 Å². The van der Waals surface area contributed by atoms with Crippen LogP contribution in [-0.4, -0.2) is 26.6 Å². The Morgan fingerprint density at radius 3 is 2.37 bits per heavy atom. The molecular weight excluding hydrogens is 268 g/mol. The van der Waals surface area contributed by atoms with Gasteiger partial charge >= 0.3 is 0 Å². The van der Waals surface area contributed by atoms with Crippen molar-refractivity contribution in [1.29, 1.82) is 0 Å². The highest BCUT2D eigenvalue weighted by atomic mass is 32.2. The van der Waals surface area contributed by atoms with Gasteiger partial charge in [-0.2, -0.15) is 0 Å². The van der Waals surface area contributed by atoms with Gasteiger partial charge in [0.2, 0.25) is 10.0 Å². The first kappa shape index (κ1) is 13.3. The molecular formula is C12H12N2O4S. The Bertz CT molecular complexity index is 755. The topological polar surface area (TPSA) is 80.5 Å². The number of nitrogens with zero attached hydrogens (tertiary/aromatic N) is 2. The third kappa shape index (κ3) is 2.37. The number of anilines is 1. The molecule has 6 nitrogen and oxygen atoms in total. The number of benzene rings is 2. The van der Waals surface area contributed by atoms with Gasteiger partial charge in [-0.25, -0.2) is 8.42 Å². The molecule has 0 bridgehead atoms. The Hall–Kier alpha value is -2.15. The second kappa shape index (κ2) is 4.51. The molecule has 0 fully saturated rings. The maximum atomic E-state index is 11.7. The number of sulfonamides is 1. The molecule has 0 N–H and O–H groups in total. The number of fused-ring (bicyclic) bond motifs is 1. The number of nitro benzene ring substituents is 1. The highest BCUT2D eigenvalue weighted by Gasteiger charge is 2.24. The largest absolute Gasteiger partial charge is 0.294 e. The standard InChI is InChI=1S/C12H12N2O4S/c1-13(19(2,17)18)12-10-6-4-3-5-9(10)7-8-11(12)14(15)16/h3-8H,1-2H3. The fourth-order valence-electron chi connectivity index (χ4n) is 1.89.